The van der Waals surface area contributed by atoms with Crippen molar-refractivity contribution in [2.45, 2.75) is 38.3 Å². The summed E-state index contributed by atoms with van der Waals surface area (Å²) in [5.74, 6) is -0.698. The second-order valence-electron chi connectivity index (χ2n) is 9.46. The molecule has 0 aliphatic carbocycles. The molecule has 0 saturated carbocycles. The molecule has 0 amide bonds. The molecule has 7 nitrogen and oxygen atoms in total. The number of carbonyl (C=O) groups excluding carboxylic acids is 2. The van der Waals surface area contributed by atoms with Crippen LogP contribution in [0.25, 0.3) is 4.85 Å². The molecule has 3 aliphatic rings. The predicted octanol–water partition coefficient (Wildman–Crippen LogP) is 4.40. The molecule has 0 aromatic heterocycles. The van der Waals surface area contributed by atoms with Crippen LogP contribution in [0.15, 0.2) is 30.3 Å². The fraction of sp³-hybridized carbons (Fsp3) is 0.444. The number of hydrogen-bond acceptors (Lipinski definition) is 6. The number of hydrogen-bond donors (Lipinski definition) is 0. The maximum Gasteiger partial charge on any atom is 0.446 e. The molecule has 2 saturated heterocycles. The molecule has 2 fully saturated rings. The van der Waals surface area contributed by atoms with Crippen LogP contribution < -0.4 is 0 Å². The lowest BCUT2D eigenvalue weighted by atomic mass is 9.96. The lowest BCUT2D eigenvalue weighted by Crippen LogP contribution is -2.58. The number of carbonyl (C=O) groups is 2. The van der Waals surface area contributed by atoms with Crippen molar-refractivity contribution in [1.29, 1.82) is 0 Å². The van der Waals surface area contributed by atoms with Crippen molar-refractivity contribution in [3.05, 3.63) is 75.4 Å². The minimum Gasteiger partial charge on any atom is -0.457 e. The second-order valence-corrected chi connectivity index (χ2v) is 9.46. The fourth-order valence-electron chi connectivity index (χ4n) is 5.02. The van der Waals surface area contributed by atoms with E-state index >= 15 is 0 Å². The van der Waals surface area contributed by atoms with E-state index in [1.54, 1.807) is 12.1 Å². The molecule has 0 unspecified atom stereocenters. The van der Waals surface area contributed by atoms with Crippen LogP contribution in [0.2, 0.25) is 0 Å². The van der Waals surface area contributed by atoms with Gasteiger partial charge in [-0.05, 0) is 48.2 Å². The van der Waals surface area contributed by atoms with Gasteiger partial charge in [-0.15, -0.1) is 0 Å². The number of esters is 1. The summed E-state index contributed by atoms with van der Waals surface area (Å²) in [6.45, 7) is 14.9. The van der Waals surface area contributed by atoms with E-state index in [0.29, 0.717) is 24.8 Å². The molecule has 2 aromatic rings. The van der Waals surface area contributed by atoms with Gasteiger partial charge in [-0.1, -0.05) is 12.1 Å². The van der Waals surface area contributed by atoms with E-state index in [1.165, 1.54) is 17.2 Å². The van der Waals surface area contributed by atoms with Crippen LogP contribution in [0, 0.1) is 19.3 Å². The van der Waals surface area contributed by atoms with E-state index < -0.39 is 18.3 Å². The highest BCUT2D eigenvalue weighted by Crippen LogP contribution is 2.31. The Morgan fingerprint density at radius 2 is 1.95 bits per heavy atom. The highest BCUT2D eigenvalue weighted by molar-refractivity contribution is 5.93. The molecule has 3 aliphatic heterocycles. The third-order valence-electron chi connectivity index (χ3n) is 7.15. The largest absolute Gasteiger partial charge is 0.457 e. The van der Waals surface area contributed by atoms with Crippen molar-refractivity contribution >= 4 is 17.9 Å². The summed E-state index contributed by atoms with van der Waals surface area (Å²) in [6, 6.07) is 9.00. The molecule has 3 heterocycles. The van der Waals surface area contributed by atoms with Gasteiger partial charge in [0.2, 0.25) is 12.0 Å². The average Bonchev–Trinajstić information content (AvgIpc) is 3.29. The summed E-state index contributed by atoms with van der Waals surface area (Å²) in [4.78, 5) is 28.7. The Morgan fingerprint density at radius 3 is 2.66 bits per heavy atom. The molecule has 11 heteroatoms. The van der Waals surface area contributed by atoms with E-state index in [9.17, 15) is 22.4 Å². The number of cyclic esters (lactones) is 1. The Kier molecular flexibility index (Phi) is 8.45. The van der Waals surface area contributed by atoms with Gasteiger partial charge in [0.25, 0.3) is 0 Å². The zero-order valence-corrected chi connectivity index (χ0v) is 20.8. The number of rotatable bonds is 4. The van der Waals surface area contributed by atoms with E-state index in [-0.39, 0.29) is 17.8 Å². The first-order valence-electron chi connectivity index (χ1n) is 12.2. The van der Waals surface area contributed by atoms with Crippen LogP contribution >= 0.6 is 0 Å². The lowest BCUT2D eigenvalue weighted by Gasteiger charge is -2.46. The number of alkyl halides is 3. The van der Waals surface area contributed by atoms with Gasteiger partial charge in [0.15, 0.2) is 0 Å². The first-order valence-corrected chi connectivity index (χ1v) is 12.2. The SMILES string of the molecule is O=CC(F)(F)F.[C-]#[N+]c1cc([C@@H]2CN3CCN(CCc4ccc5c(c4C)COC5=O)C[C@H]3CO2)ccc1F. The Labute approximate surface area is 217 Å². The normalized spacial score (nSPS) is 21.4. The molecule has 0 bridgehead atoms. The van der Waals surface area contributed by atoms with Crippen molar-refractivity contribution in [3.8, 4) is 0 Å². The molecular weight excluding hydrogens is 506 g/mol. The zero-order chi connectivity index (χ0) is 27.4. The van der Waals surface area contributed by atoms with Gasteiger partial charge < -0.3 is 14.4 Å². The number of ether oxygens (including phenoxy) is 2. The first-order chi connectivity index (χ1) is 18.1. The van der Waals surface area contributed by atoms with Gasteiger partial charge in [0.1, 0.15) is 12.4 Å². The van der Waals surface area contributed by atoms with Crippen LogP contribution in [0.3, 0.4) is 0 Å². The first kappa shape index (κ1) is 27.7. The van der Waals surface area contributed by atoms with Crippen molar-refractivity contribution in [1.82, 2.24) is 9.80 Å². The van der Waals surface area contributed by atoms with Crippen molar-refractivity contribution in [3.63, 3.8) is 0 Å². The van der Waals surface area contributed by atoms with Gasteiger partial charge in [0, 0.05) is 44.3 Å². The van der Waals surface area contributed by atoms with Crippen molar-refractivity contribution in [2.24, 2.45) is 0 Å². The molecule has 0 radical (unpaired) electrons. The Morgan fingerprint density at radius 1 is 1.18 bits per heavy atom. The Hall–Kier alpha value is -3.33. The van der Waals surface area contributed by atoms with E-state index in [1.807, 2.05) is 6.07 Å². The van der Waals surface area contributed by atoms with Gasteiger partial charge >= 0.3 is 12.1 Å². The smallest absolute Gasteiger partial charge is 0.446 e. The Balaban J connectivity index is 0.000000505. The predicted molar refractivity (Wildman–Crippen MR) is 129 cm³/mol. The Bertz CT molecular complexity index is 1240. The molecule has 0 spiro atoms. The average molecular weight is 534 g/mol. The number of morpholine rings is 1. The minimum atomic E-state index is -4.64. The minimum absolute atomic E-state index is 0.0517. The van der Waals surface area contributed by atoms with Crippen LogP contribution in [0.4, 0.5) is 23.2 Å². The molecule has 38 heavy (non-hydrogen) atoms. The molecular formula is C27H27F4N3O4. The van der Waals surface area contributed by atoms with Crippen molar-refractivity contribution in [2.75, 3.05) is 39.3 Å². The number of fused-ring (bicyclic) bond motifs is 2. The maximum atomic E-state index is 13.7. The standard InChI is InChI=1S/C25H26FN3O3.C2HF3O/c1-16-17(3-5-20-21(16)15-32-25(20)30)7-8-28-9-10-29-13-24(31-14-19(29)12-28)18-4-6-22(26)23(11-18)27-2;3-2(4,5)1-6/h3-6,11,19,24H,7-10,12-15H2,1H3;1H/t19-,24-;/m0./s1. The van der Waals surface area contributed by atoms with E-state index in [4.69, 9.17) is 20.8 Å². The number of benzene rings is 2. The highest BCUT2D eigenvalue weighted by Gasteiger charge is 2.34. The van der Waals surface area contributed by atoms with Gasteiger partial charge in [-0.2, -0.15) is 13.2 Å². The topological polar surface area (TPSA) is 63.4 Å². The molecule has 2 aromatic carbocycles. The summed E-state index contributed by atoms with van der Waals surface area (Å²) in [6.07, 6.45) is -4.89. The van der Waals surface area contributed by atoms with Crippen LogP contribution in [-0.4, -0.2) is 73.6 Å². The summed E-state index contributed by atoms with van der Waals surface area (Å²) in [5, 5.41) is 0. The number of piperazine rings is 1. The van der Waals surface area contributed by atoms with E-state index in [0.717, 1.165) is 50.3 Å². The molecule has 2 atom stereocenters. The quantitative estimate of drug-likeness (QED) is 0.251. The monoisotopic (exact) mass is 533 g/mol. The number of halogens is 4. The molecule has 0 N–H and O–H groups in total. The van der Waals surface area contributed by atoms with Gasteiger partial charge in [0.05, 0.1) is 24.8 Å². The van der Waals surface area contributed by atoms with E-state index in [2.05, 4.69) is 27.6 Å². The lowest BCUT2D eigenvalue weighted by molar-refractivity contribution is -0.156. The van der Waals surface area contributed by atoms with Crippen molar-refractivity contribution < 1.29 is 36.6 Å². The summed E-state index contributed by atoms with van der Waals surface area (Å²) < 4.78 is 56.2. The third-order valence-corrected chi connectivity index (χ3v) is 7.15. The zero-order valence-electron chi connectivity index (χ0n) is 20.8. The van der Waals surface area contributed by atoms with Crippen LogP contribution in [-0.2, 0) is 27.3 Å². The summed E-state index contributed by atoms with van der Waals surface area (Å²) in [7, 11) is 0. The number of nitrogens with zero attached hydrogens (tertiary/aromatic N) is 3. The highest BCUT2D eigenvalue weighted by atomic mass is 19.4. The van der Waals surface area contributed by atoms with Crippen LogP contribution in [0.5, 0.6) is 0 Å². The summed E-state index contributed by atoms with van der Waals surface area (Å²) >= 11 is 0. The van der Waals surface area contributed by atoms with Gasteiger partial charge in [-0.25, -0.2) is 14.0 Å². The van der Waals surface area contributed by atoms with Crippen LogP contribution in [0.1, 0.15) is 38.7 Å². The maximum absolute atomic E-state index is 13.7. The van der Waals surface area contributed by atoms with Gasteiger partial charge in [-0.3, -0.25) is 9.69 Å². The molecule has 5 rings (SSSR count). The third kappa shape index (κ3) is 6.38. The fourth-order valence-corrected chi connectivity index (χ4v) is 5.02. The second kappa shape index (κ2) is 11.6. The summed E-state index contributed by atoms with van der Waals surface area (Å²) in [5.41, 5.74) is 5.11. The number of aldehydes is 1. The molecule has 202 valence electrons.